The minimum absolute atomic E-state index is 0.129. The van der Waals surface area contributed by atoms with Gasteiger partial charge < -0.3 is 15.4 Å². The Hall–Kier alpha value is -3.34. The molecule has 0 fully saturated rings. The van der Waals surface area contributed by atoms with Gasteiger partial charge >= 0.3 is 0 Å². The van der Waals surface area contributed by atoms with E-state index in [0.717, 1.165) is 22.4 Å². The minimum atomic E-state index is -0.129. The minimum Gasteiger partial charge on any atom is -0.495 e. The summed E-state index contributed by atoms with van der Waals surface area (Å²) < 4.78 is 5.39. The number of nitrogens with one attached hydrogen (secondary N) is 2. The smallest absolute Gasteiger partial charge is 0.251 e. The van der Waals surface area contributed by atoms with Gasteiger partial charge in [0.25, 0.3) is 5.91 Å². The van der Waals surface area contributed by atoms with Crippen LogP contribution in [-0.4, -0.2) is 25.0 Å². The monoisotopic (exact) mass is 347 g/mol. The molecule has 0 aliphatic rings. The molecule has 132 valence electrons. The molecule has 3 rings (SSSR count). The van der Waals surface area contributed by atoms with Crippen LogP contribution in [0.1, 0.15) is 15.9 Å². The molecule has 3 aromatic rings. The van der Waals surface area contributed by atoms with Crippen molar-refractivity contribution in [3.8, 4) is 16.9 Å². The van der Waals surface area contributed by atoms with E-state index in [-0.39, 0.29) is 5.91 Å². The number of nitrogens with zero attached hydrogens (tertiary/aromatic N) is 1. The number of hydrogen-bond acceptors (Lipinski definition) is 4. The van der Waals surface area contributed by atoms with Crippen molar-refractivity contribution in [3.05, 3.63) is 78.1 Å². The Morgan fingerprint density at radius 3 is 2.58 bits per heavy atom. The Morgan fingerprint density at radius 2 is 1.85 bits per heavy atom. The number of carbonyl (C=O) groups is 1. The lowest BCUT2D eigenvalue weighted by Gasteiger charge is -2.13. The third kappa shape index (κ3) is 4.00. The molecule has 1 aromatic heterocycles. The lowest BCUT2D eigenvalue weighted by atomic mass is 10.0. The van der Waals surface area contributed by atoms with Gasteiger partial charge in [-0.3, -0.25) is 9.78 Å². The number of benzene rings is 2. The van der Waals surface area contributed by atoms with Gasteiger partial charge in [0, 0.05) is 31.5 Å². The van der Waals surface area contributed by atoms with E-state index < -0.39 is 0 Å². The molecule has 2 aromatic carbocycles. The second-order valence-corrected chi connectivity index (χ2v) is 5.78. The summed E-state index contributed by atoms with van der Waals surface area (Å²) >= 11 is 0. The molecule has 5 nitrogen and oxygen atoms in total. The van der Waals surface area contributed by atoms with Crippen LogP contribution in [0.5, 0.6) is 5.75 Å². The van der Waals surface area contributed by atoms with Crippen molar-refractivity contribution >= 4 is 11.6 Å². The Bertz CT molecular complexity index is 895. The fraction of sp³-hybridized carbons (Fsp3) is 0.143. The second-order valence-electron chi connectivity index (χ2n) is 5.78. The zero-order valence-corrected chi connectivity index (χ0v) is 14.8. The molecule has 0 saturated heterocycles. The molecule has 0 aliphatic heterocycles. The number of carbonyl (C=O) groups excluding carboxylic acids is 1. The summed E-state index contributed by atoms with van der Waals surface area (Å²) in [5, 5.41) is 5.99. The van der Waals surface area contributed by atoms with E-state index in [9.17, 15) is 4.79 Å². The van der Waals surface area contributed by atoms with Crippen LogP contribution in [0.3, 0.4) is 0 Å². The molecule has 1 heterocycles. The van der Waals surface area contributed by atoms with Crippen LogP contribution in [0.2, 0.25) is 0 Å². The largest absolute Gasteiger partial charge is 0.495 e. The molecule has 0 aliphatic carbocycles. The molecule has 0 saturated carbocycles. The maximum atomic E-state index is 11.9. The summed E-state index contributed by atoms with van der Waals surface area (Å²) in [6, 6.07) is 17.6. The van der Waals surface area contributed by atoms with Crippen LogP contribution in [0.15, 0.2) is 67.0 Å². The Kier molecular flexibility index (Phi) is 5.49. The fourth-order valence-electron chi connectivity index (χ4n) is 2.73. The number of methoxy groups -OCH3 is 1. The molecule has 0 radical (unpaired) electrons. The first-order valence-electron chi connectivity index (χ1n) is 8.34. The predicted molar refractivity (Wildman–Crippen MR) is 103 cm³/mol. The summed E-state index contributed by atoms with van der Waals surface area (Å²) in [5.74, 6) is 0.568. The van der Waals surface area contributed by atoms with Crippen molar-refractivity contribution in [2.75, 3.05) is 19.5 Å². The molecular formula is C21H21N3O2. The van der Waals surface area contributed by atoms with E-state index in [1.165, 1.54) is 0 Å². The van der Waals surface area contributed by atoms with Crippen LogP contribution in [0.25, 0.3) is 11.1 Å². The number of rotatable bonds is 6. The Labute approximate surface area is 153 Å². The van der Waals surface area contributed by atoms with Crippen molar-refractivity contribution in [2.45, 2.75) is 6.54 Å². The van der Waals surface area contributed by atoms with E-state index in [2.05, 4.69) is 33.8 Å². The molecule has 1 amide bonds. The SMILES string of the molecule is CNC(=O)c1ccc(OC)c(NCc2cccc(-c3ccncc3)c2)c1. The number of hydrogen-bond donors (Lipinski definition) is 2. The van der Waals surface area contributed by atoms with Gasteiger partial charge in [0.15, 0.2) is 0 Å². The maximum absolute atomic E-state index is 11.9. The lowest BCUT2D eigenvalue weighted by Crippen LogP contribution is -2.18. The van der Waals surface area contributed by atoms with E-state index in [1.54, 1.807) is 44.8 Å². The predicted octanol–water partition coefficient (Wildman–Crippen LogP) is 3.73. The van der Waals surface area contributed by atoms with Crippen LogP contribution < -0.4 is 15.4 Å². The summed E-state index contributed by atoms with van der Waals surface area (Å²) in [6.07, 6.45) is 3.57. The quantitative estimate of drug-likeness (QED) is 0.713. The first-order chi connectivity index (χ1) is 12.7. The van der Waals surface area contributed by atoms with Gasteiger partial charge in [-0.25, -0.2) is 0 Å². The van der Waals surface area contributed by atoms with Gasteiger partial charge in [-0.1, -0.05) is 18.2 Å². The van der Waals surface area contributed by atoms with Crippen LogP contribution in [0.4, 0.5) is 5.69 Å². The third-order valence-corrected chi connectivity index (χ3v) is 4.11. The molecule has 26 heavy (non-hydrogen) atoms. The number of anilines is 1. The standard InChI is InChI=1S/C21H21N3O2/c1-22-21(25)18-6-7-20(26-2)19(13-18)24-14-15-4-3-5-17(12-15)16-8-10-23-11-9-16/h3-13,24H,14H2,1-2H3,(H,22,25). The van der Waals surface area contributed by atoms with Gasteiger partial charge in [-0.15, -0.1) is 0 Å². The van der Waals surface area contributed by atoms with Gasteiger partial charge in [0.05, 0.1) is 12.8 Å². The summed E-state index contributed by atoms with van der Waals surface area (Å²) in [6.45, 7) is 0.618. The number of aromatic nitrogens is 1. The summed E-state index contributed by atoms with van der Waals surface area (Å²) in [5.41, 5.74) is 4.76. The third-order valence-electron chi connectivity index (χ3n) is 4.11. The Balaban J connectivity index is 1.80. The summed E-state index contributed by atoms with van der Waals surface area (Å²) in [4.78, 5) is 15.9. The van der Waals surface area contributed by atoms with Crippen molar-refractivity contribution in [1.29, 1.82) is 0 Å². The fourth-order valence-corrected chi connectivity index (χ4v) is 2.73. The number of amides is 1. The zero-order valence-electron chi connectivity index (χ0n) is 14.8. The van der Waals surface area contributed by atoms with Gasteiger partial charge in [-0.05, 0) is 53.1 Å². The molecular weight excluding hydrogens is 326 g/mol. The number of ether oxygens (including phenoxy) is 1. The molecule has 2 N–H and O–H groups in total. The van der Waals surface area contributed by atoms with Gasteiger partial charge in [0.1, 0.15) is 5.75 Å². The van der Waals surface area contributed by atoms with E-state index >= 15 is 0 Å². The molecule has 5 heteroatoms. The topological polar surface area (TPSA) is 63.2 Å². The highest BCUT2D eigenvalue weighted by atomic mass is 16.5. The molecule has 0 unspecified atom stereocenters. The zero-order chi connectivity index (χ0) is 18.4. The second kappa shape index (κ2) is 8.16. The highest BCUT2D eigenvalue weighted by Crippen LogP contribution is 2.27. The Morgan fingerprint density at radius 1 is 1.04 bits per heavy atom. The molecule has 0 spiro atoms. The lowest BCUT2D eigenvalue weighted by molar-refractivity contribution is 0.0963. The highest BCUT2D eigenvalue weighted by molar-refractivity contribution is 5.95. The van der Waals surface area contributed by atoms with E-state index in [1.807, 2.05) is 18.2 Å². The molecule has 0 bridgehead atoms. The first-order valence-corrected chi connectivity index (χ1v) is 8.34. The van der Waals surface area contributed by atoms with Crippen LogP contribution in [-0.2, 0) is 6.54 Å². The van der Waals surface area contributed by atoms with E-state index in [0.29, 0.717) is 17.9 Å². The number of pyridine rings is 1. The van der Waals surface area contributed by atoms with Crippen molar-refractivity contribution in [2.24, 2.45) is 0 Å². The van der Waals surface area contributed by atoms with Gasteiger partial charge in [0.2, 0.25) is 0 Å². The molecule has 0 atom stereocenters. The average molecular weight is 347 g/mol. The van der Waals surface area contributed by atoms with Crippen LogP contribution in [0, 0.1) is 0 Å². The van der Waals surface area contributed by atoms with Crippen molar-refractivity contribution in [3.63, 3.8) is 0 Å². The average Bonchev–Trinajstić information content (AvgIpc) is 2.72. The van der Waals surface area contributed by atoms with E-state index in [4.69, 9.17) is 4.74 Å². The highest BCUT2D eigenvalue weighted by Gasteiger charge is 2.09. The summed E-state index contributed by atoms with van der Waals surface area (Å²) in [7, 11) is 3.23. The first kappa shape index (κ1) is 17.5. The van der Waals surface area contributed by atoms with Crippen LogP contribution >= 0.6 is 0 Å². The van der Waals surface area contributed by atoms with Crippen molar-refractivity contribution < 1.29 is 9.53 Å². The van der Waals surface area contributed by atoms with Crippen molar-refractivity contribution in [1.82, 2.24) is 10.3 Å². The maximum Gasteiger partial charge on any atom is 0.251 e. The normalized spacial score (nSPS) is 10.2. The van der Waals surface area contributed by atoms with Gasteiger partial charge in [-0.2, -0.15) is 0 Å².